The lowest BCUT2D eigenvalue weighted by Gasteiger charge is -2.33. The number of phenolic OH excluding ortho intramolecular Hbond substituents is 1. The van der Waals surface area contributed by atoms with Crippen LogP contribution in [0.3, 0.4) is 0 Å². The van der Waals surface area contributed by atoms with Crippen molar-refractivity contribution in [1.29, 1.82) is 0 Å². The van der Waals surface area contributed by atoms with Crippen molar-refractivity contribution in [3.05, 3.63) is 29.8 Å². The number of benzene rings is 1. The number of amides is 2. The zero-order valence-electron chi connectivity index (χ0n) is 9.37. The first kappa shape index (κ1) is 12.1. The van der Waals surface area contributed by atoms with Crippen molar-refractivity contribution in [2.24, 2.45) is 0 Å². The number of aromatic hydroxyl groups is 1. The largest absolute Gasteiger partial charge is 0.508 e. The molecule has 6 nitrogen and oxygen atoms in total. The highest BCUT2D eigenvalue weighted by atomic mass is 16.4. The lowest BCUT2D eigenvalue weighted by atomic mass is 10.0. The Hall–Kier alpha value is -2.37. The molecular weight excluding hydrogens is 238 g/mol. The maximum atomic E-state index is 11.2. The Morgan fingerprint density at radius 1 is 1.22 bits per heavy atom. The smallest absolute Gasteiger partial charge is 0.327 e. The molecule has 1 fully saturated rings. The average molecular weight is 249 g/mol. The van der Waals surface area contributed by atoms with Crippen LogP contribution in [0.4, 0.5) is 0 Å². The molecule has 1 aromatic rings. The molecule has 1 aliphatic heterocycles. The van der Waals surface area contributed by atoms with E-state index in [1.165, 1.54) is 12.1 Å². The van der Waals surface area contributed by atoms with Gasteiger partial charge in [0.2, 0.25) is 11.8 Å². The normalized spacial score (nSPS) is 16.3. The van der Waals surface area contributed by atoms with Gasteiger partial charge in [-0.2, -0.15) is 0 Å². The van der Waals surface area contributed by atoms with Crippen molar-refractivity contribution in [2.75, 3.05) is 0 Å². The van der Waals surface area contributed by atoms with Gasteiger partial charge in [0.25, 0.3) is 0 Å². The third-order valence-electron chi connectivity index (χ3n) is 2.80. The zero-order valence-corrected chi connectivity index (χ0v) is 9.37. The van der Waals surface area contributed by atoms with Gasteiger partial charge < -0.3 is 10.2 Å². The SMILES string of the molecule is O=C(O)[C@H](Cc1ccc(O)cc1)N1C(=O)CC1=O. The summed E-state index contributed by atoms with van der Waals surface area (Å²) in [4.78, 5) is 34.3. The van der Waals surface area contributed by atoms with E-state index in [-0.39, 0.29) is 18.6 Å². The molecule has 1 aromatic carbocycles. The van der Waals surface area contributed by atoms with Gasteiger partial charge in [-0.3, -0.25) is 14.5 Å². The Balaban J connectivity index is 2.16. The van der Waals surface area contributed by atoms with Crippen LogP contribution in [0, 0.1) is 0 Å². The number of likely N-dealkylation sites (tertiary alicyclic amines) is 1. The predicted molar refractivity (Wildman–Crippen MR) is 59.7 cm³/mol. The van der Waals surface area contributed by atoms with Gasteiger partial charge in [-0.1, -0.05) is 12.1 Å². The fraction of sp³-hybridized carbons (Fsp3) is 0.250. The van der Waals surface area contributed by atoms with Crippen LogP contribution < -0.4 is 0 Å². The highest BCUT2D eigenvalue weighted by Crippen LogP contribution is 2.20. The third kappa shape index (κ3) is 2.17. The van der Waals surface area contributed by atoms with Crippen molar-refractivity contribution in [3.8, 4) is 5.75 Å². The molecule has 18 heavy (non-hydrogen) atoms. The number of hydrogen-bond donors (Lipinski definition) is 2. The predicted octanol–water partition coefficient (Wildman–Crippen LogP) is 0.147. The van der Waals surface area contributed by atoms with Crippen molar-refractivity contribution in [2.45, 2.75) is 18.9 Å². The molecule has 0 aromatic heterocycles. The quantitative estimate of drug-likeness (QED) is 0.585. The fourth-order valence-corrected chi connectivity index (χ4v) is 1.84. The average Bonchev–Trinajstić information content (AvgIpc) is 2.30. The molecule has 0 radical (unpaired) electrons. The number of carbonyl (C=O) groups excluding carboxylic acids is 2. The number of aliphatic carboxylic acids is 1. The van der Waals surface area contributed by atoms with Crippen LogP contribution in [0.15, 0.2) is 24.3 Å². The lowest BCUT2D eigenvalue weighted by molar-refractivity contribution is -0.167. The maximum Gasteiger partial charge on any atom is 0.327 e. The topological polar surface area (TPSA) is 94.9 Å². The summed E-state index contributed by atoms with van der Waals surface area (Å²) >= 11 is 0. The summed E-state index contributed by atoms with van der Waals surface area (Å²) in [7, 11) is 0. The van der Waals surface area contributed by atoms with Crippen molar-refractivity contribution < 1.29 is 24.6 Å². The second-order valence-corrected chi connectivity index (χ2v) is 4.06. The Morgan fingerprint density at radius 3 is 2.22 bits per heavy atom. The van der Waals surface area contributed by atoms with Crippen LogP contribution >= 0.6 is 0 Å². The molecule has 0 bridgehead atoms. The van der Waals surface area contributed by atoms with E-state index in [1.807, 2.05) is 0 Å². The molecular formula is C12H11NO5. The van der Waals surface area contributed by atoms with Gasteiger partial charge in [0.15, 0.2) is 0 Å². The van der Waals surface area contributed by atoms with E-state index in [0.29, 0.717) is 5.56 Å². The van der Waals surface area contributed by atoms with E-state index >= 15 is 0 Å². The van der Waals surface area contributed by atoms with Gasteiger partial charge in [-0.25, -0.2) is 4.79 Å². The van der Waals surface area contributed by atoms with Crippen LogP contribution in [0.1, 0.15) is 12.0 Å². The van der Waals surface area contributed by atoms with E-state index in [0.717, 1.165) is 4.90 Å². The fourth-order valence-electron chi connectivity index (χ4n) is 1.84. The lowest BCUT2D eigenvalue weighted by Crippen LogP contribution is -2.57. The molecule has 0 spiro atoms. The number of carboxylic acids is 1. The monoisotopic (exact) mass is 249 g/mol. The van der Waals surface area contributed by atoms with Gasteiger partial charge in [0, 0.05) is 6.42 Å². The first-order chi connectivity index (χ1) is 8.49. The second kappa shape index (κ2) is 4.48. The minimum atomic E-state index is -1.22. The van der Waals surface area contributed by atoms with E-state index in [2.05, 4.69) is 0 Å². The Morgan fingerprint density at radius 2 is 1.78 bits per heavy atom. The summed E-state index contributed by atoms with van der Waals surface area (Å²) in [5.41, 5.74) is 0.632. The number of carbonyl (C=O) groups is 3. The Bertz CT molecular complexity index is 494. The first-order valence-electron chi connectivity index (χ1n) is 5.34. The van der Waals surface area contributed by atoms with E-state index in [9.17, 15) is 14.4 Å². The van der Waals surface area contributed by atoms with Crippen LogP contribution in [0.2, 0.25) is 0 Å². The zero-order chi connectivity index (χ0) is 13.3. The molecule has 0 unspecified atom stereocenters. The number of β-lactam (4-membered cyclic amide) rings is 2. The molecule has 1 heterocycles. The van der Waals surface area contributed by atoms with Gasteiger partial charge in [0.05, 0.1) is 0 Å². The summed E-state index contributed by atoms with van der Waals surface area (Å²) in [6, 6.07) is 4.78. The number of imide groups is 1. The van der Waals surface area contributed by atoms with Crippen LogP contribution in [0.25, 0.3) is 0 Å². The van der Waals surface area contributed by atoms with E-state index < -0.39 is 23.8 Å². The number of rotatable bonds is 4. The maximum absolute atomic E-state index is 11.2. The molecule has 0 aliphatic carbocycles. The number of hydrogen-bond acceptors (Lipinski definition) is 4. The van der Waals surface area contributed by atoms with Crippen LogP contribution in [-0.4, -0.2) is 38.9 Å². The summed E-state index contributed by atoms with van der Waals surface area (Å²) < 4.78 is 0. The van der Waals surface area contributed by atoms with Crippen LogP contribution in [-0.2, 0) is 20.8 Å². The van der Waals surface area contributed by atoms with Crippen molar-refractivity contribution in [3.63, 3.8) is 0 Å². The molecule has 2 rings (SSSR count). The van der Waals surface area contributed by atoms with Gasteiger partial charge in [-0.05, 0) is 17.7 Å². The molecule has 1 atom stereocenters. The minimum absolute atomic E-state index is 0.0348. The third-order valence-corrected chi connectivity index (χ3v) is 2.80. The van der Waals surface area contributed by atoms with Gasteiger partial charge in [0.1, 0.15) is 18.2 Å². The van der Waals surface area contributed by atoms with Gasteiger partial charge in [-0.15, -0.1) is 0 Å². The summed E-state index contributed by atoms with van der Waals surface area (Å²) in [5.74, 6) is -2.08. The van der Waals surface area contributed by atoms with E-state index in [1.54, 1.807) is 12.1 Å². The molecule has 2 amide bonds. The standard InChI is InChI=1S/C12H11NO5/c14-8-3-1-7(2-4-8)5-9(12(17)18)13-10(15)6-11(13)16/h1-4,9,14H,5-6H2,(H,17,18)/t9-/m0/s1. The number of phenols is 1. The summed E-state index contributed by atoms with van der Waals surface area (Å²) in [6.45, 7) is 0. The van der Waals surface area contributed by atoms with Crippen LogP contribution in [0.5, 0.6) is 5.75 Å². The van der Waals surface area contributed by atoms with Gasteiger partial charge >= 0.3 is 5.97 Å². The molecule has 6 heteroatoms. The Labute approximate surface area is 102 Å². The summed E-state index contributed by atoms with van der Waals surface area (Å²) in [5, 5.41) is 18.2. The number of nitrogens with zero attached hydrogens (tertiary/aromatic N) is 1. The highest BCUT2D eigenvalue weighted by molar-refractivity contribution is 6.16. The molecule has 1 aliphatic rings. The highest BCUT2D eigenvalue weighted by Gasteiger charge is 2.42. The molecule has 1 saturated heterocycles. The molecule has 94 valence electrons. The Kier molecular flexibility index (Phi) is 3.01. The number of carboxylic acid groups (broad SMARTS) is 1. The second-order valence-electron chi connectivity index (χ2n) is 4.06. The molecule has 0 saturated carbocycles. The minimum Gasteiger partial charge on any atom is -0.508 e. The molecule has 2 N–H and O–H groups in total. The van der Waals surface area contributed by atoms with Crippen molar-refractivity contribution >= 4 is 17.8 Å². The van der Waals surface area contributed by atoms with E-state index in [4.69, 9.17) is 10.2 Å². The van der Waals surface area contributed by atoms with Crippen molar-refractivity contribution in [1.82, 2.24) is 4.90 Å². The first-order valence-corrected chi connectivity index (χ1v) is 5.34. The summed E-state index contributed by atoms with van der Waals surface area (Å²) in [6.07, 6.45) is -0.188.